The van der Waals surface area contributed by atoms with E-state index in [4.69, 9.17) is 10.5 Å². The SMILES string of the molecule is CCOC(=O)c1nc2ccc(N)nc2[nH]c1=O. The van der Waals surface area contributed by atoms with Crippen LogP contribution in [0.2, 0.25) is 0 Å². The summed E-state index contributed by atoms with van der Waals surface area (Å²) < 4.78 is 4.71. The van der Waals surface area contributed by atoms with Gasteiger partial charge in [-0.1, -0.05) is 0 Å². The molecule has 0 fully saturated rings. The van der Waals surface area contributed by atoms with E-state index in [2.05, 4.69) is 15.0 Å². The van der Waals surface area contributed by atoms with Crippen molar-refractivity contribution in [3.05, 3.63) is 28.2 Å². The molecule has 0 aromatic carbocycles. The van der Waals surface area contributed by atoms with Crippen molar-refractivity contribution in [2.24, 2.45) is 0 Å². The number of carbonyl (C=O) groups is 1. The molecule has 0 aliphatic rings. The standard InChI is InChI=1S/C10H10N4O3/c1-2-17-10(16)7-9(15)14-8-5(12-7)3-4-6(11)13-8/h3-4H,2H2,1H3,(H3,11,13,14,15). The second-order valence-electron chi connectivity index (χ2n) is 3.24. The van der Waals surface area contributed by atoms with E-state index in [0.29, 0.717) is 5.52 Å². The summed E-state index contributed by atoms with van der Waals surface area (Å²) in [5, 5.41) is 0. The first-order chi connectivity index (χ1) is 8.11. The topological polar surface area (TPSA) is 111 Å². The largest absolute Gasteiger partial charge is 0.461 e. The van der Waals surface area contributed by atoms with E-state index in [0.717, 1.165) is 0 Å². The molecular weight excluding hydrogens is 224 g/mol. The molecular formula is C10H10N4O3. The van der Waals surface area contributed by atoms with Crippen molar-refractivity contribution in [2.75, 3.05) is 12.3 Å². The number of hydrogen-bond donors (Lipinski definition) is 2. The number of carbonyl (C=O) groups excluding carboxylic acids is 1. The number of rotatable bonds is 2. The van der Waals surface area contributed by atoms with Crippen LogP contribution in [-0.4, -0.2) is 27.5 Å². The number of anilines is 1. The Kier molecular flexibility index (Phi) is 2.73. The van der Waals surface area contributed by atoms with E-state index < -0.39 is 11.5 Å². The number of aromatic nitrogens is 3. The molecule has 0 bridgehead atoms. The van der Waals surface area contributed by atoms with Crippen molar-refractivity contribution >= 4 is 23.0 Å². The fourth-order valence-electron chi connectivity index (χ4n) is 1.32. The summed E-state index contributed by atoms with van der Waals surface area (Å²) in [4.78, 5) is 33.2. The normalized spacial score (nSPS) is 10.4. The summed E-state index contributed by atoms with van der Waals surface area (Å²) >= 11 is 0. The maximum atomic E-state index is 11.6. The van der Waals surface area contributed by atoms with Crippen LogP contribution in [0, 0.1) is 0 Å². The lowest BCUT2D eigenvalue weighted by atomic mass is 10.3. The van der Waals surface area contributed by atoms with Crippen molar-refractivity contribution in [2.45, 2.75) is 6.92 Å². The number of nitrogens with one attached hydrogen (secondary N) is 1. The Morgan fingerprint density at radius 2 is 2.24 bits per heavy atom. The first-order valence-corrected chi connectivity index (χ1v) is 4.95. The summed E-state index contributed by atoms with van der Waals surface area (Å²) in [6.45, 7) is 1.83. The zero-order valence-electron chi connectivity index (χ0n) is 9.06. The molecule has 0 aliphatic carbocycles. The molecule has 2 heterocycles. The van der Waals surface area contributed by atoms with E-state index in [1.165, 1.54) is 6.07 Å². The Bertz CT molecular complexity index is 635. The number of nitrogens with zero attached hydrogens (tertiary/aromatic N) is 2. The minimum atomic E-state index is -0.757. The van der Waals surface area contributed by atoms with Crippen LogP contribution in [0.15, 0.2) is 16.9 Å². The van der Waals surface area contributed by atoms with E-state index >= 15 is 0 Å². The molecule has 0 unspecified atom stereocenters. The number of ether oxygens (including phenoxy) is 1. The van der Waals surface area contributed by atoms with Crippen molar-refractivity contribution in [1.82, 2.24) is 15.0 Å². The fraction of sp³-hybridized carbons (Fsp3) is 0.200. The van der Waals surface area contributed by atoms with Crippen LogP contribution in [0.25, 0.3) is 11.2 Å². The Morgan fingerprint density at radius 1 is 1.47 bits per heavy atom. The minimum Gasteiger partial charge on any atom is -0.461 e. The third kappa shape index (κ3) is 2.07. The van der Waals surface area contributed by atoms with Gasteiger partial charge >= 0.3 is 5.97 Å². The lowest BCUT2D eigenvalue weighted by molar-refractivity contribution is 0.0517. The molecule has 0 saturated heterocycles. The van der Waals surface area contributed by atoms with Gasteiger partial charge in [-0.15, -0.1) is 0 Å². The molecule has 88 valence electrons. The molecule has 0 spiro atoms. The Morgan fingerprint density at radius 3 is 2.94 bits per heavy atom. The second-order valence-corrected chi connectivity index (χ2v) is 3.24. The van der Waals surface area contributed by atoms with Crippen molar-refractivity contribution in [3.63, 3.8) is 0 Å². The third-order valence-corrected chi connectivity index (χ3v) is 2.04. The van der Waals surface area contributed by atoms with Crippen LogP contribution < -0.4 is 11.3 Å². The number of hydrogen-bond acceptors (Lipinski definition) is 6. The smallest absolute Gasteiger partial charge is 0.362 e. The highest BCUT2D eigenvalue weighted by molar-refractivity contribution is 5.88. The van der Waals surface area contributed by atoms with E-state index in [9.17, 15) is 9.59 Å². The average Bonchev–Trinajstić information content (AvgIpc) is 2.28. The molecule has 0 amide bonds. The maximum absolute atomic E-state index is 11.6. The third-order valence-electron chi connectivity index (χ3n) is 2.04. The maximum Gasteiger partial charge on any atom is 0.362 e. The molecule has 0 saturated carbocycles. The van der Waals surface area contributed by atoms with Gasteiger partial charge in [0, 0.05) is 0 Å². The van der Waals surface area contributed by atoms with Gasteiger partial charge in [-0.05, 0) is 19.1 Å². The molecule has 0 atom stereocenters. The van der Waals surface area contributed by atoms with Crippen LogP contribution in [-0.2, 0) is 4.74 Å². The number of nitrogen functional groups attached to an aromatic ring is 1. The zero-order valence-corrected chi connectivity index (χ0v) is 9.06. The lowest BCUT2D eigenvalue weighted by Crippen LogP contribution is -2.22. The van der Waals surface area contributed by atoms with E-state index in [1.807, 2.05) is 0 Å². The minimum absolute atomic E-state index is 0.179. The van der Waals surface area contributed by atoms with Crippen molar-refractivity contribution < 1.29 is 9.53 Å². The predicted molar refractivity (Wildman–Crippen MR) is 60.5 cm³/mol. The van der Waals surface area contributed by atoms with Crippen LogP contribution in [0.1, 0.15) is 17.4 Å². The lowest BCUT2D eigenvalue weighted by Gasteiger charge is -2.02. The number of H-pyrrole nitrogens is 1. The van der Waals surface area contributed by atoms with Crippen molar-refractivity contribution in [3.8, 4) is 0 Å². The van der Waals surface area contributed by atoms with Gasteiger partial charge in [0.1, 0.15) is 11.3 Å². The van der Waals surface area contributed by atoms with E-state index in [1.54, 1.807) is 13.0 Å². The average molecular weight is 234 g/mol. The monoisotopic (exact) mass is 234 g/mol. The Labute approximate surface area is 95.6 Å². The summed E-state index contributed by atoms with van der Waals surface area (Å²) in [6.07, 6.45) is 0. The highest BCUT2D eigenvalue weighted by Gasteiger charge is 2.15. The number of aromatic amines is 1. The first kappa shape index (κ1) is 11.1. The van der Waals surface area contributed by atoms with Gasteiger partial charge in [-0.2, -0.15) is 0 Å². The molecule has 7 nitrogen and oxygen atoms in total. The van der Waals surface area contributed by atoms with Crippen molar-refractivity contribution in [1.29, 1.82) is 0 Å². The number of esters is 1. The Balaban J connectivity index is 2.60. The van der Waals surface area contributed by atoms with Gasteiger partial charge in [0.25, 0.3) is 5.56 Å². The molecule has 3 N–H and O–H groups in total. The molecule has 2 aromatic heterocycles. The van der Waals surface area contributed by atoms with Crippen LogP contribution in [0.4, 0.5) is 5.82 Å². The first-order valence-electron chi connectivity index (χ1n) is 4.95. The highest BCUT2D eigenvalue weighted by Crippen LogP contribution is 2.07. The number of pyridine rings is 1. The summed E-state index contributed by atoms with van der Waals surface area (Å²) in [5.74, 6) is -0.494. The molecule has 0 aliphatic heterocycles. The zero-order chi connectivity index (χ0) is 12.4. The number of nitrogens with two attached hydrogens (primary N) is 1. The van der Waals surface area contributed by atoms with Gasteiger partial charge < -0.3 is 15.5 Å². The second kappa shape index (κ2) is 4.20. The van der Waals surface area contributed by atoms with Gasteiger partial charge in [-0.3, -0.25) is 4.79 Å². The quantitative estimate of drug-likeness (QED) is 0.711. The van der Waals surface area contributed by atoms with Gasteiger partial charge in [-0.25, -0.2) is 14.8 Å². The van der Waals surface area contributed by atoms with E-state index in [-0.39, 0.29) is 23.8 Å². The molecule has 0 radical (unpaired) electrons. The summed E-state index contributed by atoms with van der Waals surface area (Å²) in [5.41, 5.74) is 5.15. The summed E-state index contributed by atoms with van der Waals surface area (Å²) in [6, 6.07) is 3.10. The molecule has 17 heavy (non-hydrogen) atoms. The van der Waals surface area contributed by atoms with Gasteiger partial charge in [0.05, 0.1) is 6.61 Å². The van der Waals surface area contributed by atoms with Crippen LogP contribution >= 0.6 is 0 Å². The highest BCUT2D eigenvalue weighted by atomic mass is 16.5. The summed E-state index contributed by atoms with van der Waals surface area (Å²) in [7, 11) is 0. The predicted octanol–water partition coefficient (Wildman–Crippen LogP) is 0.0770. The fourth-order valence-corrected chi connectivity index (χ4v) is 1.32. The van der Waals surface area contributed by atoms with Crippen LogP contribution in [0.3, 0.4) is 0 Å². The van der Waals surface area contributed by atoms with Gasteiger partial charge in [0.15, 0.2) is 5.65 Å². The number of fused-ring (bicyclic) bond motifs is 1. The molecule has 2 rings (SSSR count). The molecule has 2 aromatic rings. The van der Waals surface area contributed by atoms with Crippen LogP contribution in [0.5, 0.6) is 0 Å². The Hall–Kier alpha value is -2.44. The molecule has 7 heteroatoms. The van der Waals surface area contributed by atoms with Gasteiger partial charge in [0.2, 0.25) is 5.69 Å².